The molecule has 6 heteroatoms. The van der Waals surface area contributed by atoms with E-state index in [-0.39, 0.29) is 6.09 Å². The van der Waals surface area contributed by atoms with E-state index >= 15 is 0 Å². The van der Waals surface area contributed by atoms with Crippen LogP contribution in [-0.2, 0) is 11.3 Å². The number of rotatable bonds is 9. The molecule has 4 nitrogen and oxygen atoms in total. The van der Waals surface area contributed by atoms with Gasteiger partial charge in [0.1, 0.15) is 6.61 Å². The zero-order valence-corrected chi connectivity index (χ0v) is 14.9. The minimum Gasteiger partial charge on any atom is -0.445 e. The first kappa shape index (κ1) is 18.7. The van der Waals surface area contributed by atoms with Gasteiger partial charge in [-0.15, -0.1) is 20.0 Å². The Bertz CT molecular complexity index is 481. The third kappa shape index (κ3) is 7.10. The summed E-state index contributed by atoms with van der Waals surface area (Å²) in [5.41, 5.74) is 0.986. The van der Waals surface area contributed by atoms with Gasteiger partial charge in [0.25, 0.3) is 0 Å². The molecule has 1 atom stereocenters. The van der Waals surface area contributed by atoms with Crippen molar-refractivity contribution < 1.29 is 9.53 Å². The van der Waals surface area contributed by atoms with E-state index in [1.807, 2.05) is 23.9 Å². The lowest BCUT2D eigenvalue weighted by Gasteiger charge is -2.12. The highest BCUT2D eigenvalue weighted by atomic mass is 32.2. The average molecular weight is 338 g/mol. The number of carbonyl (C=O) groups is 1. The van der Waals surface area contributed by atoms with Crippen molar-refractivity contribution in [2.75, 3.05) is 32.6 Å². The first-order valence-corrected chi connectivity index (χ1v) is 9.22. The molecule has 120 valence electrons. The fraction of sp³-hybridized carbons (Fsp3) is 0.438. The van der Waals surface area contributed by atoms with Crippen molar-refractivity contribution in [3.8, 4) is 0 Å². The van der Waals surface area contributed by atoms with Crippen LogP contribution in [0.5, 0.6) is 0 Å². The number of aliphatic imine (C=N–C) groups is 1. The predicted octanol–water partition coefficient (Wildman–Crippen LogP) is 3.67. The van der Waals surface area contributed by atoms with Gasteiger partial charge in [0.15, 0.2) is 0 Å². The molecular formula is C16H23N2O2PS. The highest BCUT2D eigenvalue weighted by Crippen LogP contribution is 2.23. The van der Waals surface area contributed by atoms with E-state index in [0.717, 1.165) is 32.2 Å². The summed E-state index contributed by atoms with van der Waals surface area (Å²) in [4.78, 5) is 18.0. The lowest BCUT2D eigenvalue weighted by Crippen LogP contribution is -2.22. The predicted molar refractivity (Wildman–Crippen MR) is 97.9 cm³/mol. The second-order valence-electron chi connectivity index (χ2n) is 5.08. The van der Waals surface area contributed by atoms with E-state index < -0.39 is 0 Å². The summed E-state index contributed by atoms with van der Waals surface area (Å²) in [6.45, 7) is 4.65. The van der Waals surface area contributed by atoms with Gasteiger partial charge in [0.05, 0.1) is 0 Å². The molecule has 0 radical (unpaired) electrons. The van der Waals surface area contributed by atoms with Gasteiger partial charge in [0, 0.05) is 31.3 Å². The van der Waals surface area contributed by atoms with Gasteiger partial charge < -0.3 is 14.6 Å². The van der Waals surface area contributed by atoms with Gasteiger partial charge in [-0.2, -0.15) is 0 Å². The molecule has 0 aliphatic rings. The molecule has 1 rings (SSSR count). The maximum Gasteiger partial charge on any atom is 0.409 e. The van der Waals surface area contributed by atoms with E-state index in [9.17, 15) is 4.79 Å². The number of hydrogen-bond acceptors (Lipinski definition) is 4. The van der Waals surface area contributed by atoms with Crippen LogP contribution in [0.25, 0.3) is 0 Å². The van der Waals surface area contributed by atoms with Gasteiger partial charge in [-0.3, -0.25) is 0 Å². The maximum absolute atomic E-state index is 11.4. The van der Waals surface area contributed by atoms with Crippen molar-refractivity contribution in [1.29, 1.82) is 0 Å². The SMILES string of the molecule is C=NCC(CP=C)CSc1ccc(COC(=O)N(C)C)cc1. The summed E-state index contributed by atoms with van der Waals surface area (Å²) < 4.78 is 5.14. The Kier molecular flexibility index (Phi) is 8.86. The summed E-state index contributed by atoms with van der Waals surface area (Å²) in [6.07, 6.45) is 4.60. The largest absolute Gasteiger partial charge is 0.445 e. The van der Waals surface area contributed by atoms with E-state index in [0.29, 0.717) is 12.5 Å². The normalized spacial score (nSPS) is 11.9. The van der Waals surface area contributed by atoms with Gasteiger partial charge in [0.2, 0.25) is 0 Å². The van der Waals surface area contributed by atoms with Crippen molar-refractivity contribution in [1.82, 2.24) is 4.90 Å². The number of carbonyl (C=O) groups excluding carboxylic acids is 1. The third-order valence-electron chi connectivity index (χ3n) is 2.91. The molecule has 0 saturated carbocycles. The number of benzene rings is 1. The number of nitrogens with zero attached hydrogens (tertiary/aromatic N) is 2. The summed E-state index contributed by atoms with van der Waals surface area (Å²) in [7, 11) is 4.49. The van der Waals surface area contributed by atoms with Crippen LogP contribution >= 0.6 is 20.0 Å². The molecule has 0 fully saturated rings. The average Bonchev–Trinajstić information content (AvgIpc) is 2.51. The van der Waals surface area contributed by atoms with Crippen LogP contribution in [0, 0.1) is 5.92 Å². The maximum atomic E-state index is 11.4. The summed E-state index contributed by atoms with van der Waals surface area (Å²) >= 11 is 1.81. The Morgan fingerprint density at radius 3 is 2.64 bits per heavy atom. The zero-order chi connectivity index (χ0) is 16.4. The Balaban J connectivity index is 2.45. The monoisotopic (exact) mass is 338 g/mol. The van der Waals surface area contributed by atoms with Crippen molar-refractivity contribution in [2.45, 2.75) is 11.5 Å². The van der Waals surface area contributed by atoms with Crippen molar-refractivity contribution in [2.24, 2.45) is 10.9 Å². The Hall–Kier alpha value is -1.32. The highest BCUT2D eigenvalue weighted by molar-refractivity contribution is 7.99. The van der Waals surface area contributed by atoms with E-state index in [2.05, 4.69) is 30.1 Å². The van der Waals surface area contributed by atoms with Crippen molar-refractivity contribution in [3.63, 3.8) is 0 Å². The lowest BCUT2D eigenvalue weighted by atomic mass is 10.2. The number of ether oxygens (including phenoxy) is 1. The van der Waals surface area contributed by atoms with Crippen molar-refractivity contribution in [3.05, 3.63) is 29.8 Å². The molecule has 22 heavy (non-hydrogen) atoms. The third-order valence-corrected chi connectivity index (χ3v) is 4.93. The molecule has 0 saturated heterocycles. The van der Waals surface area contributed by atoms with Gasteiger partial charge in [-0.05, 0) is 36.5 Å². The minimum atomic E-state index is -0.328. The minimum absolute atomic E-state index is 0.297. The van der Waals surface area contributed by atoms with Crippen LogP contribution in [0.2, 0.25) is 0 Å². The van der Waals surface area contributed by atoms with E-state index in [1.165, 1.54) is 9.80 Å². The van der Waals surface area contributed by atoms with Gasteiger partial charge in [-0.1, -0.05) is 18.4 Å². The molecule has 0 aromatic heterocycles. The molecular weight excluding hydrogens is 315 g/mol. The molecule has 1 unspecified atom stereocenters. The van der Waals surface area contributed by atoms with Gasteiger partial charge >= 0.3 is 6.09 Å². The van der Waals surface area contributed by atoms with Crippen molar-refractivity contribution >= 4 is 39.1 Å². The quantitative estimate of drug-likeness (QED) is 0.392. The van der Waals surface area contributed by atoms with Crippen LogP contribution < -0.4 is 0 Å². The summed E-state index contributed by atoms with van der Waals surface area (Å²) in [5.74, 6) is 1.53. The van der Waals surface area contributed by atoms with Gasteiger partial charge in [-0.25, -0.2) is 4.79 Å². The van der Waals surface area contributed by atoms with Crippen LogP contribution in [0.4, 0.5) is 4.79 Å². The second-order valence-corrected chi connectivity index (χ2v) is 6.99. The van der Waals surface area contributed by atoms with Crippen LogP contribution in [0.15, 0.2) is 34.2 Å². The zero-order valence-electron chi connectivity index (χ0n) is 13.2. The first-order valence-electron chi connectivity index (χ1n) is 6.97. The first-order chi connectivity index (χ1) is 10.6. The molecule has 1 amide bonds. The topological polar surface area (TPSA) is 41.9 Å². The molecule has 0 aliphatic carbocycles. The second kappa shape index (κ2) is 10.4. The molecule has 0 N–H and O–H groups in total. The Labute approximate surface area is 138 Å². The summed E-state index contributed by atoms with van der Waals surface area (Å²) in [5, 5.41) is 0. The standard InChI is InChI=1S/C16H23N2O2PS/c1-17-9-14(11-21-4)12-22-15-7-5-13(6-8-15)10-20-16(19)18(2)3/h5-8,14H,1,4,9-12H2,2-3H3. The number of thioether (sulfide) groups is 1. The number of amides is 1. The van der Waals surface area contributed by atoms with Crippen LogP contribution in [-0.4, -0.2) is 56.6 Å². The van der Waals surface area contributed by atoms with Crippen LogP contribution in [0.1, 0.15) is 5.56 Å². The highest BCUT2D eigenvalue weighted by Gasteiger charge is 2.08. The fourth-order valence-corrected chi connectivity index (χ4v) is 3.46. The molecule has 0 aliphatic heterocycles. The smallest absolute Gasteiger partial charge is 0.409 e. The molecule has 1 aromatic rings. The Morgan fingerprint density at radius 1 is 1.41 bits per heavy atom. The van der Waals surface area contributed by atoms with E-state index in [4.69, 9.17) is 4.74 Å². The van der Waals surface area contributed by atoms with E-state index in [1.54, 1.807) is 14.1 Å². The molecule has 1 aromatic carbocycles. The Morgan fingerprint density at radius 2 is 2.09 bits per heavy atom. The number of hydrogen-bond donors (Lipinski definition) is 0. The fourth-order valence-electron chi connectivity index (χ4n) is 1.70. The molecule has 0 bridgehead atoms. The lowest BCUT2D eigenvalue weighted by molar-refractivity contribution is 0.112. The van der Waals surface area contributed by atoms with Crippen LogP contribution in [0.3, 0.4) is 0 Å². The molecule has 0 heterocycles. The summed E-state index contributed by atoms with van der Waals surface area (Å²) in [6, 6.07) is 8.10. The molecule has 0 spiro atoms.